The van der Waals surface area contributed by atoms with Gasteiger partial charge in [-0.05, 0) is 32.6 Å². The van der Waals surface area contributed by atoms with Crippen molar-refractivity contribution in [2.75, 3.05) is 13.2 Å². The molecule has 0 spiro atoms. The lowest BCUT2D eigenvalue weighted by Gasteiger charge is -2.32. The first-order valence-corrected chi connectivity index (χ1v) is 7.03. The van der Waals surface area contributed by atoms with E-state index in [1.165, 1.54) is 0 Å². The van der Waals surface area contributed by atoms with Crippen LogP contribution in [0.2, 0.25) is 0 Å². The Morgan fingerprint density at radius 3 is 1.67 bits per heavy atom. The van der Waals surface area contributed by atoms with Crippen LogP contribution in [-0.2, 0) is 19.1 Å². The summed E-state index contributed by atoms with van der Waals surface area (Å²) in [4.78, 5) is 24.3. The fourth-order valence-electron chi connectivity index (χ4n) is 2.13. The molecular formula is C14H23F3O4. The van der Waals surface area contributed by atoms with Crippen LogP contribution in [0.25, 0.3) is 0 Å². The number of halogens is 3. The Kier molecular flexibility index (Phi) is 7.74. The minimum Gasteiger partial charge on any atom is -0.465 e. The molecule has 0 saturated carbocycles. The van der Waals surface area contributed by atoms with Crippen LogP contribution < -0.4 is 0 Å². The summed E-state index contributed by atoms with van der Waals surface area (Å²) < 4.78 is 46.7. The molecule has 0 amide bonds. The fourth-order valence-corrected chi connectivity index (χ4v) is 2.13. The van der Waals surface area contributed by atoms with Gasteiger partial charge in [-0.25, -0.2) is 0 Å². The van der Waals surface area contributed by atoms with Crippen molar-refractivity contribution in [3.63, 3.8) is 0 Å². The average Bonchev–Trinajstić information content (AvgIpc) is 2.33. The molecule has 0 atom stereocenters. The van der Waals surface area contributed by atoms with Gasteiger partial charge in [-0.2, -0.15) is 13.2 Å². The van der Waals surface area contributed by atoms with Crippen LogP contribution in [0, 0.1) is 11.3 Å². The van der Waals surface area contributed by atoms with E-state index in [0.29, 0.717) is 0 Å². The van der Waals surface area contributed by atoms with Gasteiger partial charge in [0.05, 0.1) is 13.2 Å². The van der Waals surface area contributed by atoms with Gasteiger partial charge in [0.2, 0.25) is 0 Å². The molecule has 0 unspecified atom stereocenters. The van der Waals surface area contributed by atoms with Crippen molar-refractivity contribution in [1.29, 1.82) is 0 Å². The molecule has 7 heteroatoms. The molecule has 0 aromatic carbocycles. The van der Waals surface area contributed by atoms with Crippen molar-refractivity contribution < 1.29 is 32.2 Å². The van der Waals surface area contributed by atoms with Crippen molar-refractivity contribution in [1.82, 2.24) is 0 Å². The highest BCUT2D eigenvalue weighted by molar-refractivity contribution is 6.00. The second kappa shape index (κ2) is 8.24. The second-order valence-corrected chi connectivity index (χ2v) is 5.04. The predicted octanol–water partition coefficient (Wildman–Crippen LogP) is 3.49. The molecule has 0 saturated heterocycles. The van der Waals surface area contributed by atoms with Gasteiger partial charge >= 0.3 is 18.1 Å². The van der Waals surface area contributed by atoms with Crippen molar-refractivity contribution in [3.8, 4) is 0 Å². The van der Waals surface area contributed by atoms with Gasteiger partial charge in [0.1, 0.15) is 0 Å². The number of hydrogen-bond donors (Lipinski definition) is 0. The van der Waals surface area contributed by atoms with Gasteiger partial charge in [-0.1, -0.05) is 13.8 Å². The lowest BCUT2D eigenvalue weighted by Crippen LogP contribution is -2.46. The zero-order valence-electron chi connectivity index (χ0n) is 12.9. The normalized spacial score (nSPS) is 12.4. The molecule has 0 aliphatic heterocycles. The van der Waals surface area contributed by atoms with Gasteiger partial charge in [-0.3, -0.25) is 9.59 Å². The summed E-state index contributed by atoms with van der Waals surface area (Å²) in [7, 11) is 0. The summed E-state index contributed by atoms with van der Waals surface area (Å²) in [6, 6.07) is 0. The lowest BCUT2D eigenvalue weighted by atomic mass is 9.73. The van der Waals surface area contributed by atoms with E-state index in [0.717, 1.165) is 0 Å². The molecule has 0 fully saturated rings. The summed E-state index contributed by atoms with van der Waals surface area (Å²) in [6.07, 6.45) is -5.96. The highest BCUT2D eigenvalue weighted by Crippen LogP contribution is 2.38. The van der Waals surface area contributed by atoms with E-state index in [1.54, 1.807) is 27.7 Å². The molecule has 0 aromatic heterocycles. The van der Waals surface area contributed by atoms with Crippen molar-refractivity contribution in [2.24, 2.45) is 11.3 Å². The van der Waals surface area contributed by atoms with Crippen LogP contribution in [0.5, 0.6) is 0 Å². The summed E-state index contributed by atoms with van der Waals surface area (Å²) in [5.74, 6) is -2.16. The van der Waals surface area contributed by atoms with E-state index in [4.69, 9.17) is 9.47 Å². The fraction of sp³-hybridized carbons (Fsp3) is 0.857. The third-order valence-electron chi connectivity index (χ3n) is 3.30. The number of alkyl halides is 3. The highest BCUT2D eigenvalue weighted by atomic mass is 19.4. The minimum absolute atomic E-state index is 0.0476. The van der Waals surface area contributed by atoms with E-state index in [-0.39, 0.29) is 26.1 Å². The van der Waals surface area contributed by atoms with E-state index < -0.39 is 35.9 Å². The number of hydrogen-bond acceptors (Lipinski definition) is 4. The summed E-state index contributed by atoms with van der Waals surface area (Å²) in [5, 5.41) is 0. The Bertz CT molecular complexity index is 333. The van der Waals surface area contributed by atoms with E-state index in [2.05, 4.69) is 0 Å². The largest absolute Gasteiger partial charge is 0.465 e. The van der Waals surface area contributed by atoms with Crippen LogP contribution in [0.1, 0.15) is 47.0 Å². The zero-order valence-corrected chi connectivity index (χ0v) is 12.9. The number of ether oxygens (including phenoxy) is 2. The summed E-state index contributed by atoms with van der Waals surface area (Å²) >= 11 is 0. The number of esters is 2. The molecule has 0 aliphatic carbocycles. The molecule has 124 valence electrons. The zero-order chi connectivity index (χ0) is 16.7. The maximum absolute atomic E-state index is 12.3. The Morgan fingerprint density at radius 1 is 0.952 bits per heavy atom. The highest BCUT2D eigenvalue weighted by Gasteiger charge is 2.51. The minimum atomic E-state index is -4.33. The van der Waals surface area contributed by atoms with Crippen LogP contribution in [0.3, 0.4) is 0 Å². The topological polar surface area (TPSA) is 52.6 Å². The monoisotopic (exact) mass is 312 g/mol. The number of carbonyl (C=O) groups excluding carboxylic acids is 2. The summed E-state index contributed by atoms with van der Waals surface area (Å²) in [6.45, 7) is 6.44. The standard InChI is InChI=1S/C14H23F3O4/c1-5-20-11(18)13(10(3)4,12(19)21-6-2)8-7-9-14(15,16)17/h10H,5-9H2,1-4H3. The Morgan fingerprint density at radius 2 is 1.38 bits per heavy atom. The van der Waals surface area contributed by atoms with Crippen LogP contribution in [0.4, 0.5) is 13.2 Å². The Labute approximate surface area is 123 Å². The van der Waals surface area contributed by atoms with Gasteiger partial charge < -0.3 is 9.47 Å². The molecule has 0 radical (unpaired) electrons. The smallest absolute Gasteiger partial charge is 0.389 e. The van der Waals surface area contributed by atoms with Crippen molar-refractivity contribution in [2.45, 2.75) is 53.1 Å². The first-order valence-electron chi connectivity index (χ1n) is 7.03. The molecule has 0 rings (SSSR count). The molecule has 21 heavy (non-hydrogen) atoms. The lowest BCUT2D eigenvalue weighted by molar-refractivity contribution is -0.178. The van der Waals surface area contributed by atoms with Crippen molar-refractivity contribution >= 4 is 11.9 Å². The van der Waals surface area contributed by atoms with Gasteiger partial charge in [0.25, 0.3) is 0 Å². The summed E-state index contributed by atoms with van der Waals surface area (Å²) in [5.41, 5.74) is -1.68. The van der Waals surface area contributed by atoms with E-state index in [9.17, 15) is 22.8 Å². The van der Waals surface area contributed by atoms with Gasteiger partial charge in [0.15, 0.2) is 5.41 Å². The van der Waals surface area contributed by atoms with Crippen LogP contribution in [-0.4, -0.2) is 31.3 Å². The molecule has 0 heterocycles. The molecular weight excluding hydrogens is 289 g/mol. The van der Waals surface area contributed by atoms with Gasteiger partial charge in [0, 0.05) is 6.42 Å². The second-order valence-electron chi connectivity index (χ2n) is 5.04. The third kappa shape index (κ3) is 5.55. The molecule has 0 aliphatic rings. The van der Waals surface area contributed by atoms with Crippen LogP contribution in [0.15, 0.2) is 0 Å². The van der Waals surface area contributed by atoms with E-state index >= 15 is 0 Å². The SMILES string of the molecule is CCOC(=O)C(CCCC(F)(F)F)(C(=O)OCC)C(C)C. The Balaban J connectivity index is 5.28. The average molecular weight is 312 g/mol. The first-order chi connectivity index (χ1) is 9.61. The van der Waals surface area contributed by atoms with E-state index in [1.807, 2.05) is 0 Å². The molecule has 4 nitrogen and oxygen atoms in total. The first kappa shape index (κ1) is 19.7. The Hall–Kier alpha value is -1.27. The molecule has 0 N–H and O–H groups in total. The molecule has 0 aromatic rings. The number of rotatable bonds is 8. The maximum atomic E-state index is 12.3. The number of carbonyl (C=O) groups is 2. The predicted molar refractivity (Wildman–Crippen MR) is 70.4 cm³/mol. The third-order valence-corrected chi connectivity index (χ3v) is 3.30. The van der Waals surface area contributed by atoms with Gasteiger partial charge in [-0.15, -0.1) is 0 Å². The van der Waals surface area contributed by atoms with Crippen LogP contribution >= 0.6 is 0 Å². The molecule has 0 bridgehead atoms. The quantitative estimate of drug-likeness (QED) is 0.508. The van der Waals surface area contributed by atoms with Crippen molar-refractivity contribution in [3.05, 3.63) is 0 Å². The maximum Gasteiger partial charge on any atom is 0.389 e.